The van der Waals surface area contributed by atoms with Crippen molar-refractivity contribution in [2.45, 2.75) is 51.9 Å². The molecule has 162 valence electrons. The molecule has 32 heavy (non-hydrogen) atoms. The van der Waals surface area contributed by atoms with Crippen molar-refractivity contribution in [3.63, 3.8) is 0 Å². The average Bonchev–Trinajstić information content (AvgIpc) is 2.88. The van der Waals surface area contributed by atoms with Gasteiger partial charge in [-0.25, -0.2) is 0 Å². The maximum Gasteiger partial charge on any atom is 0.00639 e. The summed E-state index contributed by atoms with van der Waals surface area (Å²) in [4.78, 5) is 0. The van der Waals surface area contributed by atoms with Gasteiger partial charge < -0.3 is 0 Å². The van der Waals surface area contributed by atoms with Gasteiger partial charge in [0.05, 0.1) is 0 Å². The van der Waals surface area contributed by atoms with Crippen molar-refractivity contribution in [3.05, 3.63) is 142 Å². The summed E-state index contributed by atoms with van der Waals surface area (Å²) in [5, 5.41) is 0. The van der Waals surface area contributed by atoms with E-state index in [1.807, 2.05) is 0 Å². The van der Waals surface area contributed by atoms with Crippen LogP contribution < -0.4 is 0 Å². The fourth-order valence-corrected chi connectivity index (χ4v) is 4.95. The lowest BCUT2D eigenvalue weighted by molar-refractivity contribution is 0.824. The first-order chi connectivity index (χ1) is 15.6. The minimum atomic E-state index is 0.352. The Labute approximate surface area is 194 Å². The SMILES string of the molecule is CCc1c(C(C)c2ccccc2)cc(C(C)c2ccccc2)cc1C(C)c1ccccc1. The second-order valence-electron chi connectivity index (χ2n) is 8.93. The zero-order valence-corrected chi connectivity index (χ0v) is 19.8. The first-order valence-corrected chi connectivity index (χ1v) is 11.9. The third-order valence-corrected chi connectivity index (χ3v) is 7.03. The molecule has 0 aliphatic carbocycles. The van der Waals surface area contributed by atoms with Crippen molar-refractivity contribution in [2.24, 2.45) is 0 Å². The Kier molecular flexibility index (Phi) is 6.90. The largest absolute Gasteiger partial charge is 0.0622 e. The van der Waals surface area contributed by atoms with Gasteiger partial charge in [-0.05, 0) is 45.4 Å². The molecular weight excluding hydrogens is 384 g/mol. The normalized spacial score (nSPS) is 14.0. The van der Waals surface area contributed by atoms with E-state index < -0.39 is 0 Å². The summed E-state index contributed by atoms with van der Waals surface area (Å²) >= 11 is 0. The van der Waals surface area contributed by atoms with Crippen LogP contribution in [-0.2, 0) is 6.42 Å². The van der Waals surface area contributed by atoms with Crippen molar-refractivity contribution in [1.82, 2.24) is 0 Å². The maximum absolute atomic E-state index is 2.48. The molecule has 0 saturated carbocycles. The van der Waals surface area contributed by atoms with Crippen LogP contribution in [0.1, 0.15) is 84.4 Å². The molecule has 4 rings (SSSR count). The fraction of sp³-hybridized carbons (Fsp3) is 0.250. The molecule has 3 atom stereocenters. The maximum atomic E-state index is 2.48. The summed E-state index contributed by atoms with van der Waals surface area (Å²) in [6.07, 6.45) is 1.04. The van der Waals surface area contributed by atoms with Crippen molar-refractivity contribution in [2.75, 3.05) is 0 Å². The Morgan fingerprint density at radius 1 is 0.469 bits per heavy atom. The third kappa shape index (κ3) is 4.55. The Bertz CT molecular complexity index is 1060. The molecule has 4 aromatic carbocycles. The average molecular weight is 419 g/mol. The van der Waals surface area contributed by atoms with E-state index >= 15 is 0 Å². The summed E-state index contributed by atoms with van der Waals surface area (Å²) in [6, 6.07) is 37.7. The molecule has 0 spiro atoms. The molecule has 0 radical (unpaired) electrons. The molecule has 4 aromatic rings. The topological polar surface area (TPSA) is 0 Å². The van der Waals surface area contributed by atoms with Crippen LogP contribution in [0.4, 0.5) is 0 Å². The van der Waals surface area contributed by atoms with Crippen LogP contribution in [0.25, 0.3) is 0 Å². The minimum absolute atomic E-state index is 0.352. The highest BCUT2D eigenvalue weighted by Gasteiger charge is 2.22. The van der Waals surface area contributed by atoms with Gasteiger partial charge >= 0.3 is 0 Å². The summed E-state index contributed by atoms with van der Waals surface area (Å²) in [5.41, 5.74) is 9.97. The number of hydrogen-bond donors (Lipinski definition) is 0. The number of benzene rings is 4. The smallest absolute Gasteiger partial charge is 0.00639 e. The monoisotopic (exact) mass is 418 g/mol. The Balaban J connectivity index is 1.89. The van der Waals surface area contributed by atoms with E-state index in [-0.39, 0.29) is 0 Å². The van der Waals surface area contributed by atoms with Crippen LogP contribution in [0.5, 0.6) is 0 Å². The molecule has 0 amide bonds. The zero-order chi connectivity index (χ0) is 22.5. The molecule has 0 aliphatic rings. The molecule has 0 N–H and O–H groups in total. The lowest BCUT2D eigenvalue weighted by Gasteiger charge is -2.26. The van der Waals surface area contributed by atoms with Crippen LogP contribution >= 0.6 is 0 Å². The van der Waals surface area contributed by atoms with Gasteiger partial charge in [-0.1, -0.05) is 131 Å². The molecule has 0 fully saturated rings. The second kappa shape index (κ2) is 10.0. The minimum Gasteiger partial charge on any atom is -0.0622 e. The molecule has 3 unspecified atom stereocenters. The Morgan fingerprint density at radius 2 is 0.812 bits per heavy atom. The highest BCUT2D eigenvalue weighted by atomic mass is 14.3. The van der Waals surface area contributed by atoms with Crippen molar-refractivity contribution < 1.29 is 0 Å². The molecule has 0 heteroatoms. The van der Waals surface area contributed by atoms with E-state index in [9.17, 15) is 0 Å². The summed E-state index contributed by atoms with van der Waals surface area (Å²) in [6.45, 7) is 9.36. The second-order valence-corrected chi connectivity index (χ2v) is 8.93. The van der Waals surface area contributed by atoms with Crippen molar-refractivity contribution in [1.29, 1.82) is 0 Å². The molecule has 0 aromatic heterocycles. The zero-order valence-electron chi connectivity index (χ0n) is 19.8. The third-order valence-electron chi connectivity index (χ3n) is 7.03. The first-order valence-electron chi connectivity index (χ1n) is 11.9. The standard InChI is InChI=1S/C32H34/c1-5-30-31(24(3)27-17-11-7-12-18-27)21-29(23(2)26-15-9-6-10-16-26)22-32(30)25(4)28-19-13-8-14-20-28/h6-25H,5H2,1-4H3. The van der Waals surface area contributed by atoms with E-state index in [0.29, 0.717) is 17.8 Å². The van der Waals surface area contributed by atoms with Gasteiger partial charge in [-0.3, -0.25) is 0 Å². The Morgan fingerprint density at radius 3 is 1.16 bits per heavy atom. The van der Waals surface area contributed by atoms with Crippen LogP contribution in [0.15, 0.2) is 103 Å². The van der Waals surface area contributed by atoms with E-state index in [0.717, 1.165) is 6.42 Å². The molecule has 0 saturated heterocycles. The van der Waals surface area contributed by atoms with Crippen LogP contribution in [0, 0.1) is 0 Å². The predicted molar refractivity (Wildman–Crippen MR) is 138 cm³/mol. The molecule has 0 bridgehead atoms. The van der Waals surface area contributed by atoms with Crippen LogP contribution in [0.2, 0.25) is 0 Å². The van der Waals surface area contributed by atoms with Gasteiger partial charge in [0.1, 0.15) is 0 Å². The van der Waals surface area contributed by atoms with Crippen LogP contribution in [0.3, 0.4) is 0 Å². The van der Waals surface area contributed by atoms with Gasteiger partial charge in [-0.15, -0.1) is 0 Å². The highest BCUT2D eigenvalue weighted by molar-refractivity contribution is 5.50. The summed E-state index contributed by atoms with van der Waals surface area (Å²) in [5.74, 6) is 1.07. The molecular formula is C32H34. The Hall–Kier alpha value is -3.12. The van der Waals surface area contributed by atoms with Gasteiger partial charge in [-0.2, -0.15) is 0 Å². The lowest BCUT2D eigenvalue weighted by Crippen LogP contribution is -2.10. The van der Waals surface area contributed by atoms with Crippen molar-refractivity contribution in [3.8, 4) is 0 Å². The summed E-state index contributed by atoms with van der Waals surface area (Å²) < 4.78 is 0. The van der Waals surface area contributed by atoms with Crippen LogP contribution in [-0.4, -0.2) is 0 Å². The fourth-order valence-electron chi connectivity index (χ4n) is 4.95. The van der Waals surface area contributed by atoms with Gasteiger partial charge in [0.2, 0.25) is 0 Å². The lowest BCUT2D eigenvalue weighted by atomic mass is 9.78. The van der Waals surface area contributed by atoms with E-state index in [1.54, 1.807) is 0 Å². The summed E-state index contributed by atoms with van der Waals surface area (Å²) in [7, 11) is 0. The van der Waals surface area contributed by atoms with Gasteiger partial charge in [0.25, 0.3) is 0 Å². The van der Waals surface area contributed by atoms with Gasteiger partial charge in [0.15, 0.2) is 0 Å². The molecule has 0 nitrogen and oxygen atoms in total. The molecule has 0 heterocycles. The number of hydrogen-bond acceptors (Lipinski definition) is 0. The van der Waals surface area contributed by atoms with Crippen molar-refractivity contribution >= 4 is 0 Å². The van der Waals surface area contributed by atoms with E-state index in [1.165, 1.54) is 38.9 Å². The highest BCUT2D eigenvalue weighted by Crippen LogP contribution is 2.38. The predicted octanol–water partition coefficient (Wildman–Crippen LogP) is 8.70. The number of rotatable bonds is 7. The van der Waals surface area contributed by atoms with E-state index in [4.69, 9.17) is 0 Å². The van der Waals surface area contributed by atoms with Gasteiger partial charge in [0, 0.05) is 17.8 Å². The quantitative estimate of drug-likeness (QED) is 0.281. The van der Waals surface area contributed by atoms with E-state index in [2.05, 4.69) is 131 Å². The molecule has 0 aliphatic heterocycles. The first kappa shape index (κ1) is 22.1.